The Labute approximate surface area is 172 Å². The molecule has 0 N–H and O–H groups in total. The number of nitrogens with zero attached hydrogens (tertiary/aromatic N) is 2. The number of amides is 1. The predicted octanol–water partition coefficient (Wildman–Crippen LogP) is 4.10. The summed E-state index contributed by atoms with van der Waals surface area (Å²) in [5.41, 5.74) is 0.0803. The molecular weight excluding hydrogens is 400 g/mol. The van der Waals surface area contributed by atoms with Gasteiger partial charge in [0.05, 0.1) is 18.8 Å². The lowest BCUT2D eigenvalue weighted by atomic mass is 9.87. The van der Waals surface area contributed by atoms with Crippen molar-refractivity contribution >= 4 is 11.6 Å². The summed E-state index contributed by atoms with van der Waals surface area (Å²) in [5.74, 6) is -0.434. The molecule has 8 heteroatoms. The molecular formula is C22H22F4N2O2. The molecule has 1 atom stereocenters. The van der Waals surface area contributed by atoms with Gasteiger partial charge < -0.3 is 9.64 Å². The van der Waals surface area contributed by atoms with Gasteiger partial charge in [0, 0.05) is 43.7 Å². The van der Waals surface area contributed by atoms with Gasteiger partial charge in [-0.1, -0.05) is 18.2 Å². The van der Waals surface area contributed by atoms with Crippen LogP contribution < -0.4 is 4.90 Å². The first-order chi connectivity index (χ1) is 14.2. The van der Waals surface area contributed by atoms with Crippen LogP contribution in [-0.4, -0.2) is 43.7 Å². The van der Waals surface area contributed by atoms with Crippen LogP contribution in [0.4, 0.5) is 23.2 Å². The van der Waals surface area contributed by atoms with Crippen molar-refractivity contribution in [2.45, 2.75) is 19.1 Å². The van der Waals surface area contributed by atoms with E-state index in [9.17, 15) is 22.4 Å². The van der Waals surface area contributed by atoms with Crippen LogP contribution in [0.3, 0.4) is 0 Å². The van der Waals surface area contributed by atoms with E-state index in [4.69, 9.17) is 4.74 Å². The van der Waals surface area contributed by atoms with Crippen molar-refractivity contribution in [1.82, 2.24) is 4.90 Å². The molecule has 1 amide bonds. The van der Waals surface area contributed by atoms with E-state index in [0.29, 0.717) is 50.6 Å². The predicted molar refractivity (Wildman–Crippen MR) is 103 cm³/mol. The smallest absolute Gasteiger partial charge is 0.379 e. The van der Waals surface area contributed by atoms with Gasteiger partial charge in [-0.15, -0.1) is 0 Å². The maximum Gasteiger partial charge on any atom is 0.416 e. The van der Waals surface area contributed by atoms with E-state index in [2.05, 4.69) is 0 Å². The third kappa shape index (κ3) is 4.49. The molecule has 2 heterocycles. The van der Waals surface area contributed by atoms with Gasteiger partial charge in [0.15, 0.2) is 0 Å². The van der Waals surface area contributed by atoms with Gasteiger partial charge in [0.1, 0.15) is 5.82 Å². The Morgan fingerprint density at radius 2 is 1.83 bits per heavy atom. The summed E-state index contributed by atoms with van der Waals surface area (Å²) in [5, 5.41) is 0. The van der Waals surface area contributed by atoms with Gasteiger partial charge in [-0.2, -0.15) is 13.2 Å². The standard InChI is InChI=1S/C22H22F4N2O2/c23-18-4-6-19(7-5-18)28-14-21(11-20(28)29)13-27(8-9-30-15-21)12-16-2-1-3-17(10-16)22(24,25)26/h1-7,10H,8-9,11-15H2/t21-/m1/s1. The second-order valence-corrected chi connectivity index (χ2v) is 8.09. The Balaban J connectivity index is 1.50. The molecule has 2 aromatic carbocycles. The Morgan fingerprint density at radius 1 is 1.07 bits per heavy atom. The Hall–Kier alpha value is -2.45. The minimum atomic E-state index is -4.38. The molecule has 2 aliphatic rings. The Morgan fingerprint density at radius 3 is 2.57 bits per heavy atom. The molecule has 2 fully saturated rings. The van der Waals surface area contributed by atoms with Crippen molar-refractivity contribution in [3.05, 3.63) is 65.5 Å². The van der Waals surface area contributed by atoms with Gasteiger partial charge in [0.25, 0.3) is 0 Å². The van der Waals surface area contributed by atoms with Crippen LogP contribution in [0.5, 0.6) is 0 Å². The minimum Gasteiger partial charge on any atom is -0.379 e. The minimum absolute atomic E-state index is 0.0638. The van der Waals surface area contributed by atoms with E-state index < -0.39 is 17.2 Å². The summed E-state index contributed by atoms with van der Waals surface area (Å²) in [4.78, 5) is 16.4. The number of carbonyl (C=O) groups excluding carboxylic acids is 1. The first-order valence-corrected chi connectivity index (χ1v) is 9.76. The number of anilines is 1. The molecule has 1 spiro atoms. The van der Waals surface area contributed by atoms with Crippen LogP contribution in [0.2, 0.25) is 0 Å². The largest absolute Gasteiger partial charge is 0.416 e. The van der Waals surface area contributed by atoms with Gasteiger partial charge in [-0.25, -0.2) is 4.39 Å². The van der Waals surface area contributed by atoms with Crippen molar-refractivity contribution in [3.63, 3.8) is 0 Å². The number of alkyl halides is 3. The van der Waals surface area contributed by atoms with Gasteiger partial charge in [-0.05, 0) is 35.9 Å². The molecule has 2 saturated heterocycles. The van der Waals surface area contributed by atoms with Crippen molar-refractivity contribution in [2.24, 2.45) is 5.41 Å². The number of benzene rings is 2. The van der Waals surface area contributed by atoms with E-state index in [1.165, 1.54) is 24.3 Å². The maximum absolute atomic E-state index is 13.2. The van der Waals surface area contributed by atoms with Crippen molar-refractivity contribution < 1.29 is 27.1 Å². The third-order valence-corrected chi connectivity index (χ3v) is 5.64. The summed E-state index contributed by atoms with van der Waals surface area (Å²) in [6, 6.07) is 11.1. The fourth-order valence-electron chi connectivity index (χ4n) is 4.28. The molecule has 2 aromatic rings. The van der Waals surface area contributed by atoms with E-state index in [0.717, 1.165) is 6.07 Å². The fraction of sp³-hybridized carbons (Fsp3) is 0.409. The highest BCUT2D eigenvalue weighted by Crippen LogP contribution is 2.37. The summed E-state index contributed by atoms with van der Waals surface area (Å²) in [6.07, 6.45) is -4.10. The van der Waals surface area contributed by atoms with E-state index >= 15 is 0 Å². The van der Waals surface area contributed by atoms with Crippen LogP contribution in [0, 0.1) is 11.2 Å². The van der Waals surface area contributed by atoms with Gasteiger partial charge >= 0.3 is 6.18 Å². The quantitative estimate of drug-likeness (QED) is 0.699. The van der Waals surface area contributed by atoms with Crippen LogP contribution in [-0.2, 0) is 22.3 Å². The van der Waals surface area contributed by atoms with E-state index in [1.54, 1.807) is 23.1 Å². The van der Waals surface area contributed by atoms with E-state index in [-0.39, 0.29) is 18.1 Å². The van der Waals surface area contributed by atoms with Gasteiger partial charge in [0.2, 0.25) is 5.91 Å². The highest BCUT2D eigenvalue weighted by Gasteiger charge is 2.46. The lowest BCUT2D eigenvalue weighted by Gasteiger charge is -2.31. The van der Waals surface area contributed by atoms with Crippen molar-refractivity contribution in [3.8, 4) is 0 Å². The molecule has 4 rings (SSSR count). The Bertz CT molecular complexity index is 916. The molecule has 30 heavy (non-hydrogen) atoms. The average Bonchev–Trinajstić information content (AvgIpc) is 2.88. The zero-order valence-electron chi connectivity index (χ0n) is 16.3. The normalized spacial score (nSPS) is 23.2. The van der Waals surface area contributed by atoms with E-state index in [1.807, 2.05) is 4.90 Å². The molecule has 4 nitrogen and oxygen atoms in total. The third-order valence-electron chi connectivity index (χ3n) is 5.64. The number of carbonyl (C=O) groups is 1. The zero-order valence-corrected chi connectivity index (χ0v) is 16.3. The summed E-state index contributed by atoms with van der Waals surface area (Å²) >= 11 is 0. The van der Waals surface area contributed by atoms with Crippen molar-refractivity contribution in [1.29, 1.82) is 0 Å². The number of halogens is 4. The van der Waals surface area contributed by atoms with Gasteiger partial charge in [-0.3, -0.25) is 9.69 Å². The number of rotatable bonds is 3. The summed E-state index contributed by atoms with van der Waals surface area (Å²) < 4.78 is 58.1. The van der Waals surface area contributed by atoms with Crippen LogP contribution in [0.1, 0.15) is 17.5 Å². The fourth-order valence-corrected chi connectivity index (χ4v) is 4.28. The second kappa shape index (κ2) is 8.00. The molecule has 0 aromatic heterocycles. The lowest BCUT2D eigenvalue weighted by molar-refractivity contribution is -0.137. The first kappa shape index (κ1) is 20.8. The Kier molecular flexibility index (Phi) is 5.55. The second-order valence-electron chi connectivity index (χ2n) is 8.09. The summed E-state index contributed by atoms with van der Waals surface area (Å²) in [7, 11) is 0. The number of hydrogen-bond acceptors (Lipinski definition) is 3. The highest BCUT2D eigenvalue weighted by molar-refractivity contribution is 5.96. The monoisotopic (exact) mass is 422 g/mol. The number of hydrogen-bond donors (Lipinski definition) is 0. The molecule has 0 bridgehead atoms. The average molecular weight is 422 g/mol. The molecule has 160 valence electrons. The lowest BCUT2D eigenvalue weighted by Crippen LogP contribution is -2.40. The molecule has 0 unspecified atom stereocenters. The van der Waals surface area contributed by atoms with Crippen molar-refractivity contribution in [2.75, 3.05) is 37.7 Å². The van der Waals surface area contributed by atoms with Crippen LogP contribution in [0.25, 0.3) is 0 Å². The number of ether oxygens (including phenoxy) is 1. The molecule has 0 radical (unpaired) electrons. The van der Waals surface area contributed by atoms with Crippen LogP contribution >= 0.6 is 0 Å². The highest BCUT2D eigenvalue weighted by atomic mass is 19.4. The molecule has 2 aliphatic heterocycles. The molecule has 0 saturated carbocycles. The van der Waals surface area contributed by atoms with Crippen LogP contribution in [0.15, 0.2) is 48.5 Å². The zero-order chi connectivity index (χ0) is 21.4. The topological polar surface area (TPSA) is 32.8 Å². The SMILES string of the molecule is O=C1C[C@]2(COCCN(Cc3cccc(C(F)(F)F)c3)C2)CN1c1ccc(F)cc1. The maximum atomic E-state index is 13.2. The first-order valence-electron chi connectivity index (χ1n) is 9.76. The summed E-state index contributed by atoms with van der Waals surface area (Å²) in [6.45, 7) is 2.73. The molecule has 0 aliphatic carbocycles.